The van der Waals surface area contributed by atoms with Gasteiger partial charge in [0.2, 0.25) is 10.0 Å². The van der Waals surface area contributed by atoms with Crippen LogP contribution in [0.3, 0.4) is 0 Å². The van der Waals surface area contributed by atoms with Gasteiger partial charge in [-0.05, 0) is 47.5 Å². The van der Waals surface area contributed by atoms with Gasteiger partial charge in [0, 0.05) is 17.6 Å². The molecule has 0 bridgehead atoms. The van der Waals surface area contributed by atoms with Crippen molar-refractivity contribution >= 4 is 26.0 Å². The van der Waals surface area contributed by atoms with Gasteiger partial charge >= 0.3 is 0 Å². The Balaban J connectivity index is 3.22. The summed E-state index contributed by atoms with van der Waals surface area (Å²) in [5.74, 6) is -0.470. The van der Waals surface area contributed by atoms with Crippen LogP contribution in [0.25, 0.3) is 0 Å². The summed E-state index contributed by atoms with van der Waals surface area (Å²) in [4.78, 5) is 0.0849. The van der Waals surface area contributed by atoms with Crippen molar-refractivity contribution in [1.82, 2.24) is 4.31 Å². The standard InChI is InChI=1S/C11H15BrFNO2S/c1-4-8(2)14(3)17(15,16)11-6-5-9(13)7-10(11)12/h5-8H,4H2,1-3H3. The third kappa shape index (κ3) is 3.05. The second kappa shape index (κ2) is 5.46. The zero-order valence-electron chi connectivity index (χ0n) is 9.94. The zero-order chi connectivity index (χ0) is 13.2. The fraction of sp³-hybridized carbons (Fsp3) is 0.455. The maximum atomic E-state index is 12.9. The second-order valence-corrected chi connectivity index (χ2v) is 6.67. The van der Waals surface area contributed by atoms with Crippen LogP contribution >= 0.6 is 15.9 Å². The lowest BCUT2D eigenvalue weighted by Gasteiger charge is -2.23. The smallest absolute Gasteiger partial charge is 0.207 e. The molecule has 1 atom stereocenters. The zero-order valence-corrected chi connectivity index (χ0v) is 12.3. The van der Waals surface area contributed by atoms with Crippen molar-refractivity contribution in [1.29, 1.82) is 0 Å². The molecule has 0 radical (unpaired) electrons. The van der Waals surface area contributed by atoms with Gasteiger partial charge in [0.25, 0.3) is 0 Å². The quantitative estimate of drug-likeness (QED) is 0.854. The third-order valence-electron chi connectivity index (χ3n) is 2.76. The molecule has 0 fully saturated rings. The lowest BCUT2D eigenvalue weighted by atomic mass is 10.3. The Hall–Kier alpha value is -0.460. The molecule has 0 aromatic heterocycles. The molecule has 1 aromatic rings. The minimum Gasteiger partial charge on any atom is -0.207 e. The summed E-state index contributed by atoms with van der Waals surface area (Å²) in [5, 5.41) is 0. The molecule has 1 aromatic carbocycles. The molecule has 0 heterocycles. The van der Waals surface area contributed by atoms with Crippen LogP contribution in [0.4, 0.5) is 4.39 Å². The van der Waals surface area contributed by atoms with E-state index in [0.717, 1.165) is 12.1 Å². The van der Waals surface area contributed by atoms with Gasteiger partial charge in [-0.1, -0.05) is 6.92 Å². The van der Waals surface area contributed by atoms with Crippen LogP contribution in [0.15, 0.2) is 27.6 Å². The van der Waals surface area contributed by atoms with Gasteiger partial charge in [0.1, 0.15) is 5.82 Å². The van der Waals surface area contributed by atoms with E-state index in [1.54, 1.807) is 0 Å². The normalized spacial score (nSPS) is 14.0. The van der Waals surface area contributed by atoms with Gasteiger partial charge in [-0.15, -0.1) is 0 Å². The predicted octanol–water partition coefficient (Wildman–Crippen LogP) is 3.01. The minimum atomic E-state index is -3.58. The topological polar surface area (TPSA) is 37.4 Å². The minimum absolute atomic E-state index is 0.0849. The molecule has 96 valence electrons. The molecule has 1 rings (SSSR count). The first kappa shape index (κ1) is 14.6. The van der Waals surface area contributed by atoms with E-state index in [9.17, 15) is 12.8 Å². The van der Waals surface area contributed by atoms with Gasteiger partial charge in [-0.3, -0.25) is 0 Å². The number of sulfonamides is 1. The second-order valence-electron chi connectivity index (χ2n) is 3.85. The number of nitrogens with zero attached hydrogens (tertiary/aromatic N) is 1. The monoisotopic (exact) mass is 323 g/mol. The van der Waals surface area contributed by atoms with Crippen LogP contribution in [0, 0.1) is 5.82 Å². The molecular formula is C11H15BrFNO2S. The van der Waals surface area contributed by atoms with Crippen LogP contribution in [0.2, 0.25) is 0 Å². The van der Waals surface area contributed by atoms with Gasteiger partial charge in [0.05, 0.1) is 4.90 Å². The van der Waals surface area contributed by atoms with Gasteiger partial charge in [0.15, 0.2) is 0 Å². The molecule has 17 heavy (non-hydrogen) atoms. The van der Waals surface area contributed by atoms with Crippen molar-refractivity contribution in [3.63, 3.8) is 0 Å². The highest BCUT2D eigenvalue weighted by Crippen LogP contribution is 2.26. The highest BCUT2D eigenvalue weighted by atomic mass is 79.9. The van der Waals surface area contributed by atoms with Gasteiger partial charge < -0.3 is 0 Å². The summed E-state index contributed by atoms with van der Waals surface area (Å²) < 4.78 is 38.9. The molecule has 0 aliphatic rings. The molecular weight excluding hydrogens is 309 g/mol. The van der Waals surface area contributed by atoms with E-state index in [-0.39, 0.29) is 15.4 Å². The molecule has 0 N–H and O–H groups in total. The molecule has 0 aliphatic heterocycles. The number of hydrogen-bond acceptors (Lipinski definition) is 2. The molecule has 0 saturated carbocycles. The largest absolute Gasteiger partial charge is 0.244 e. The van der Waals surface area contributed by atoms with E-state index < -0.39 is 15.8 Å². The van der Waals surface area contributed by atoms with Crippen LogP contribution in [-0.4, -0.2) is 25.8 Å². The van der Waals surface area contributed by atoms with E-state index in [2.05, 4.69) is 15.9 Å². The molecule has 0 aliphatic carbocycles. The maximum absolute atomic E-state index is 12.9. The Labute approximate surface area is 110 Å². The van der Waals surface area contributed by atoms with Crippen molar-refractivity contribution < 1.29 is 12.8 Å². The first-order valence-corrected chi connectivity index (χ1v) is 7.47. The fourth-order valence-electron chi connectivity index (χ4n) is 1.33. The Kier molecular flexibility index (Phi) is 4.69. The van der Waals surface area contributed by atoms with Crippen LogP contribution in [-0.2, 0) is 10.0 Å². The molecule has 1 unspecified atom stereocenters. The first-order valence-electron chi connectivity index (χ1n) is 5.23. The highest BCUT2D eigenvalue weighted by Gasteiger charge is 2.26. The van der Waals surface area contributed by atoms with E-state index in [4.69, 9.17) is 0 Å². The SMILES string of the molecule is CCC(C)N(C)S(=O)(=O)c1ccc(F)cc1Br. The first-order chi connectivity index (χ1) is 7.80. The lowest BCUT2D eigenvalue weighted by Crippen LogP contribution is -2.34. The number of hydrogen-bond donors (Lipinski definition) is 0. The summed E-state index contributed by atoms with van der Waals surface area (Å²) in [5.41, 5.74) is 0. The Morgan fingerprint density at radius 2 is 2.06 bits per heavy atom. The number of benzene rings is 1. The van der Waals surface area contributed by atoms with Crippen molar-refractivity contribution in [2.24, 2.45) is 0 Å². The van der Waals surface area contributed by atoms with E-state index >= 15 is 0 Å². The number of rotatable bonds is 4. The van der Waals surface area contributed by atoms with Crippen molar-refractivity contribution in [2.45, 2.75) is 31.2 Å². The molecule has 0 saturated heterocycles. The Bertz CT molecular complexity index is 504. The maximum Gasteiger partial charge on any atom is 0.244 e. The average Bonchev–Trinajstić information content (AvgIpc) is 2.26. The highest BCUT2D eigenvalue weighted by molar-refractivity contribution is 9.10. The molecule has 6 heteroatoms. The average molecular weight is 324 g/mol. The summed E-state index contributed by atoms with van der Waals surface area (Å²) in [7, 11) is -2.05. The molecule has 0 spiro atoms. The van der Waals surface area contributed by atoms with Crippen LogP contribution in [0.1, 0.15) is 20.3 Å². The third-order valence-corrected chi connectivity index (χ3v) is 5.71. The Morgan fingerprint density at radius 3 is 2.53 bits per heavy atom. The summed E-state index contributed by atoms with van der Waals surface area (Å²) >= 11 is 3.08. The van der Waals surface area contributed by atoms with Crippen molar-refractivity contribution in [3.05, 3.63) is 28.5 Å². The van der Waals surface area contributed by atoms with Gasteiger partial charge in [-0.25, -0.2) is 12.8 Å². The van der Waals surface area contributed by atoms with Crippen LogP contribution < -0.4 is 0 Å². The lowest BCUT2D eigenvalue weighted by molar-refractivity contribution is 0.380. The predicted molar refractivity (Wildman–Crippen MR) is 68.8 cm³/mol. The summed E-state index contributed by atoms with van der Waals surface area (Å²) in [6, 6.07) is 3.46. The molecule has 0 amide bonds. The molecule has 3 nitrogen and oxygen atoms in total. The van der Waals surface area contributed by atoms with E-state index in [0.29, 0.717) is 6.42 Å². The van der Waals surface area contributed by atoms with Crippen molar-refractivity contribution in [3.8, 4) is 0 Å². The van der Waals surface area contributed by atoms with E-state index in [1.165, 1.54) is 17.4 Å². The number of halogens is 2. The van der Waals surface area contributed by atoms with Gasteiger partial charge in [-0.2, -0.15) is 4.31 Å². The summed E-state index contributed by atoms with van der Waals surface area (Å²) in [6.07, 6.45) is 0.717. The fourth-order valence-corrected chi connectivity index (χ4v) is 3.78. The van der Waals surface area contributed by atoms with Crippen LogP contribution in [0.5, 0.6) is 0 Å². The van der Waals surface area contributed by atoms with Crippen molar-refractivity contribution in [2.75, 3.05) is 7.05 Å². The summed E-state index contributed by atoms with van der Waals surface area (Å²) in [6.45, 7) is 3.74. The Morgan fingerprint density at radius 1 is 1.47 bits per heavy atom. The van der Waals surface area contributed by atoms with E-state index in [1.807, 2.05) is 13.8 Å².